The summed E-state index contributed by atoms with van der Waals surface area (Å²) in [6.07, 6.45) is 0. The second-order valence-corrected chi connectivity index (χ2v) is 6.72. The number of hydrogen-bond donors (Lipinski definition) is 0. The first-order valence-electron chi connectivity index (χ1n) is 6.43. The molecule has 1 aliphatic rings. The highest BCUT2D eigenvalue weighted by Crippen LogP contribution is 2.32. The van der Waals surface area contributed by atoms with E-state index < -0.39 is 0 Å². The molecule has 0 aliphatic carbocycles. The Hall–Kier alpha value is -1.56. The van der Waals surface area contributed by atoms with E-state index in [1.165, 1.54) is 0 Å². The van der Waals surface area contributed by atoms with Gasteiger partial charge in [-0.3, -0.25) is 0 Å². The van der Waals surface area contributed by atoms with E-state index in [2.05, 4.69) is 10.7 Å². The average molecular weight is 332 g/mol. The monoisotopic (exact) mass is 331 g/mol. The molecule has 4 rings (SSSR count). The number of halogens is 1. The molecule has 0 amide bonds. The second-order valence-electron chi connectivity index (χ2n) is 4.67. The van der Waals surface area contributed by atoms with E-state index in [1.807, 2.05) is 47.5 Å². The van der Waals surface area contributed by atoms with E-state index >= 15 is 0 Å². The van der Waals surface area contributed by atoms with Gasteiger partial charge >= 0.3 is 0 Å². The lowest BCUT2D eigenvalue weighted by Crippen LogP contribution is -2.37. The summed E-state index contributed by atoms with van der Waals surface area (Å²) in [5.41, 5.74) is 3.03. The van der Waals surface area contributed by atoms with Crippen molar-refractivity contribution in [3.05, 3.63) is 59.4 Å². The van der Waals surface area contributed by atoms with Crippen LogP contribution in [0.4, 0.5) is 5.69 Å². The predicted octanol–water partition coefficient (Wildman–Crippen LogP) is 4.49. The first-order valence-corrected chi connectivity index (χ1v) is 8.20. The average Bonchev–Trinajstić information content (AvgIpc) is 2.87. The Morgan fingerprint density at radius 2 is 1.86 bits per heavy atom. The summed E-state index contributed by atoms with van der Waals surface area (Å²) in [6.45, 7) is 0. The lowest BCUT2D eigenvalue weighted by Gasteiger charge is -2.31. The van der Waals surface area contributed by atoms with Crippen molar-refractivity contribution in [2.45, 2.75) is 5.75 Å². The molecule has 0 saturated heterocycles. The van der Waals surface area contributed by atoms with Gasteiger partial charge in [0, 0.05) is 5.02 Å². The number of para-hydroxylation sites is 2. The lowest BCUT2D eigenvalue weighted by molar-refractivity contribution is 0.818. The van der Waals surface area contributed by atoms with E-state index in [0.29, 0.717) is 5.02 Å². The molecule has 1 aliphatic heterocycles. The fourth-order valence-corrected chi connectivity index (χ4v) is 3.69. The highest BCUT2D eigenvalue weighted by atomic mass is 35.5. The molecule has 0 radical (unpaired) electrons. The van der Waals surface area contributed by atoms with Gasteiger partial charge in [-0.25, -0.2) is 14.7 Å². The Labute approximate surface area is 136 Å². The lowest BCUT2D eigenvalue weighted by atomic mass is 10.3. The normalized spacial score (nSPS) is 14.5. The molecule has 0 unspecified atom stereocenters. The van der Waals surface area contributed by atoms with E-state index in [9.17, 15) is 0 Å². The van der Waals surface area contributed by atoms with E-state index in [0.717, 1.165) is 32.6 Å². The third-order valence-corrected chi connectivity index (χ3v) is 4.97. The van der Waals surface area contributed by atoms with Crippen LogP contribution in [-0.4, -0.2) is 14.0 Å². The third kappa shape index (κ3) is 2.12. The SMILES string of the molecule is S=C1SCc2nc3ccccc3n2N1c1ccc(Cl)cc1. The minimum atomic E-state index is 0.713. The molecule has 2 heterocycles. The van der Waals surface area contributed by atoms with E-state index in [4.69, 9.17) is 28.8 Å². The molecule has 0 spiro atoms. The number of aromatic nitrogens is 2. The highest BCUT2D eigenvalue weighted by Gasteiger charge is 2.26. The number of fused-ring (bicyclic) bond motifs is 3. The zero-order valence-corrected chi connectivity index (χ0v) is 13.3. The van der Waals surface area contributed by atoms with Crippen LogP contribution >= 0.6 is 35.6 Å². The maximum atomic E-state index is 5.99. The summed E-state index contributed by atoms with van der Waals surface area (Å²) < 4.78 is 2.91. The summed E-state index contributed by atoms with van der Waals surface area (Å²) in [7, 11) is 0. The van der Waals surface area contributed by atoms with Crippen molar-refractivity contribution in [2.24, 2.45) is 0 Å². The Balaban J connectivity index is 1.96. The standard InChI is InChI=1S/C15H10ClN3S2/c16-10-5-7-11(8-6-10)18-15(20)21-9-14-17-12-3-1-2-4-13(12)19(14)18/h1-8H,9H2. The zero-order chi connectivity index (χ0) is 14.4. The molecule has 0 atom stereocenters. The van der Waals surface area contributed by atoms with Crippen LogP contribution in [0.2, 0.25) is 5.02 Å². The van der Waals surface area contributed by atoms with Crippen molar-refractivity contribution in [3.8, 4) is 0 Å². The molecular formula is C15H10ClN3S2. The quantitative estimate of drug-likeness (QED) is 0.612. The van der Waals surface area contributed by atoms with Gasteiger partial charge in [-0.05, 0) is 36.4 Å². The van der Waals surface area contributed by atoms with Gasteiger partial charge in [-0.15, -0.1) is 0 Å². The summed E-state index contributed by atoms with van der Waals surface area (Å²) in [5, 5.41) is 2.73. The van der Waals surface area contributed by atoms with Gasteiger partial charge in [-0.1, -0.05) is 47.7 Å². The number of anilines is 1. The molecule has 0 bridgehead atoms. The maximum absolute atomic E-state index is 5.99. The second kappa shape index (κ2) is 5.02. The van der Waals surface area contributed by atoms with Crippen molar-refractivity contribution in [1.29, 1.82) is 0 Å². The molecular weight excluding hydrogens is 322 g/mol. The Bertz CT molecular complexity index is 842. The summed E-state index contributed by atoms with van der Waals surface area (Å²) >= 11 is 13.2. The smallest absolute Gasteiger partial charge is 0.160 e. The molecule has 2 aromatic carbocycles. The molecule has 0 fully saturated rings. The number of imidazole rings is 1. The summed E-state index contributed by atoms with van der Waals surface area (Å²) in [4.78, 5) is 4.70. The van der Waals surface area contributed by atoms with Gasteiger partial charge in [-0.2, -0.15) is 0 Å². The number of rotatable bonds is 1. The van der Waals surface area contributed by atoms with Gasteiger partial charge in [0.15, 0.2) is 4.32 Å². The fourth-order valence-electron chi connectivity index (χ4n) is 2.45. The topological polar surface area (TPSA) is 21.1 Å². The molecule has 6 heteroatoms. The summed E-state index contributed by atoms with van der Waals surface area (Å²) in [5.74, 6) is 1.79. The van der Waals surface area contributed by atoms with E-state index in [-0.39, 0.29) is 0 Å². The third-order valence-electron chi connectivity index (χ3n) is 3.37. The van der Waals surface area contributed by atoms with Crippen LogP contribution in [0.25, 0.3) is 11.0 Å². The minimum absolute atomic E-state index is 0.713. The number of hydrogen-bond acceptors (Lipinski definition) is 3. The number of nitrogens with zero attached hydrogens (tertiary/aromatic N) is 3. The zero-order valence-electron chi connectivity index (χ0n) is 10.9. The van der Waals surface area contributed by atoms with Crippen LogP contribution in [0, 0.1) is 0 Å². The van der Waals surface area contributed by atoms with Gasteiger partial charge in [0.1, 0.15) is 5.82 Å². The molecule has 3 nitrogen and oxygen atoms in total. The largest absolute Gasteiger partial charge is 0.230 e. The van der Waals surface area contributed by atoms with Gasteiger partial charge < -0.3 is 0 Å². The van der Waals surface area contributed by atoms with E-state index in [1.54, 1.807) is 11.8 Å². The molecule has 104 valence electrons. The first kappa shape index (κ1) is 13.1. The first-order chi connectivity index (χ1) is 10.2. The van der Waals surface area contributed by atoms with Crippen LogP contribution in [0.3, 0.4) is 0 Å². The van der Waals surface area contributed by atoms with Crippen molar-refractivity contribution in [3.63, 3.8) is 0 Å². The Kier molecular flexibility index (Phi) is 3.14. The van der Waals surface area contributed by atoms with Gasteiger partial charge in [0.25, 0.3) is 0 Å². The Morgan fingerprint density at radius 3 is 2.67 bits per heavy atom. The fraction of sp³-hybridized carbons (Fsp3) is 0.0667. The number of thiocarbonyl (C=S) groups is 1. The molecule has 21 heavy (non-hydrogen) atoms. The molecule has 0 saturated carbocycles. The highest BCUT2D eigenvalue weighted by molar-refractivity contribution is 8.22. The maximum Gasteiger partial charge on any atom is 0.160 e. The molecule has 3 aromatic rings. The van der Waals surface area contributed by atoms with Crippen molar-refractivity contribution >= 4 is 56.6 Å². The number of benzene rings is 2. The van der Waals surface area contributed by atoms with Gasteiger partial charge in [0.2, 0.25) is 0 Å². The Morgan fingerprint density at radius 1 is 1.10 bits per heavy atom. The van der Waals surface area contributed by atoms with Crippen LogP contribution in [0.15, 0.2) is 48.5 Å². The van der Waals surface area contributed by atoms with Crippen molar-refractivity contribution < 1.29 is 0 Å². The van der Waals surface area contributed by atoms with Crippen molar-refractivity contribution in [1.82, 2.24) is 9.66 Å². The van der Waals surface area contributed by atoms with Crippen molar-refractivity contribution in [2.75, 3.05) is 5.01 Å². The predicted molar refractivity (Wildman–Crippen MR) is 93.0 cm³/mol. The van der Waals surface area contributed by atoms with Crippen LogP contribution in [-0.2, 0) is 5.75 Å². The summed E-state index contributed by atoms with van der Waals surface area (Å²) in [6, 6.07) is 15.8. The molecule has 0 N–H and O–H groups in total. The number of thioether (sulfide) groups is 1. The van der Waals surface area contributed by atoms with Gasteiger partial charge in [0.05, 0.1) is 22.5 Å². The molecule has 1 aromatic heterocycles. The van der Waals surface area contributed by atoms with Crippen LogP contribution < -0.4 is 5.01 Å². The minimum Gasteiger partial charge on any atom is -0.230 e. The van der Waals surface area contributed by atoms with Crippen LogP contribution in [0.1, 0.15) is 5.82 Å². The van der Waals surface area contributed by atoms with Crippen LogP contribution in [0.5, 0.6) is 0 Å².